The molecule has 0 fully saturated rings. The molecule has 7 heteroatoms. The highest BCUT2D eigenvalue weighted by Gasteiger charge is 2.15. The number of pyridine rings is 1. The molecule has 0 aliphatic rings. The fourth-order valence-electron chi connectivity index (χ4n) is 1.54. The number of nitrogens with one attached hydrogen (secondary N) is 1. The first-order chi connectivity index (χ1) is 8.58. The summed E-state index contributed by atoms with van der Waals surface area (Å²) in [6.07, 6.45) is 3.11. The SMILES string of the molecule is CC(NC(=O)c1ccc(Br)nc1)c1nncn1C. The quantitative estimate of drug-likeness (QED) is 0.871. The molecule has 0 aliphatic carbocycles. The van der Waals surface area contributed by atoms with Crippen LogP contribution in [0.25, 0.3) is 0 Å². The summed E-state index contributed by atoms with van der Waals surface area (Å²) in [5.41, 5.74) is 0.507. The third kappa shape index (κ3) is 2.73. The van der Waals surface area contributed by atoms with Gasteiger partial charge in [-0.05, 0) is 35.0 Å². The maximum Gasteiger partial charge on any atom is 0.253 e. The van der Waals surface area contributed by atoms with Crippen LogP contribution in [0.4, 0.5) is 0 Å². The Morgan fingerprint density at radius 1 is 1.50 bits per heavy atom. The zero-order valence-electron chi connectivity index (χ0n) is 9.96. The van der Waals surface area contributed by atoms with Crippen LogP contribution in [0.5, 0.6) is 0 Å². The molecule has 2 heterocycles. The Morgan fingerprint density at radius 2 is 2.28 bits per heavy atom. The molecule has 0 aromatic carbocycles. The fraction of sp³-hybridized carbons (Fsp3) is 0.273. The van der Waals surface area contributed by atoms with Gasteiger partial charge < -0.3 is 9.88 Å². The van der Waals surface area contributed by atoms with Crippen LogP contribution in [0.15, 0.2) is 29.3 Å². The minimum atomic E-state index is -0.214. The van der Waals surface area contributed by atoms with Gasteiger partial charge in [-0.1, -0.05) is 0 Å². The van der Waals surface area contributed by atoms with E-state index >= 15 is 0 Å². The van der Waals surface area contributed by atoms with Crippen LogP contribution in [0.1, 0.15) is 29.1 Å². The van der Waals surface area contributed by atoms with Crippen molar-refractivity contribution in [1.82, 2.24) is 25.1 Å². The molecular formula is C11H12BrN5O. The van der Waals surface area contributed by atoms with Gasteiger partial charge in [0.15, 0.2) is 5.82 Å². The van der Waals surface area contributed by atoms with Crippen molar-refractivity contribution in [3.05, 3.63) is 40.6 Å². The summed E-state index contributed by atoms with van der Waals surface area (Å²) in [5.74, 6) is 0.513. The molecule has 0 saturated carbocycles. The number of aromatic nitrogens is 4. The lowest BCUT2D eigenvalue weighted by Gasteiger charge is -2.12. The highest BCUT2D eigenvalue weighted by atomic mass is 79.9. The molecule has 94 valence electrons. The number of amides is 1. The first-order valence-corrected chi connectivity index (χ1v) is 6.13. The van der Waals surface area contributed by atoms with Crippen LogP contribution in [0, 0.1) is 0 Å². The molecule has 18 heavy (non-hydrogen) atoms. The van der Waals surface area contributed by atoms with E-state index in [4.69, 9.17) is 0 Å². The summed E-state index contributed by atoms with van der Waals surface area (Å²) in [4.78, 5) is 16.0. The van der Waals surface area contributed by atoms with E-state index in [0.29, 0.717) is 16.0 Å². The molecule has 0 bridgehead atoms. The van der Waals surface area contributed by atoms with E-state index in [1.165, 1.54) is 6.20 Å². The van der Waals surface area contributed by atoms with E-state index in [1.807, 2.05) is 14.0 Å². The van der Waals surface area contributed by atoms with Crippen molar-refractivity contribution in [1.29, 1.82) is 0 Å². The second kappa shape index (κ2) is 5.26. The zero-order valence-corrected chi connectivity index (χ0v) is 11.5. The summed E-state index contributed by atoms with van der Waals surface area (Å²) in [5, 5.41) is 10.6. The van der Waals surface area contributed by atoms with E-state index in [1.54, 1.807) is 23.0 Å². The molecule has 2 rings (SSSR count). The van der Waals surface area contributed by atoms with Crippen molar-refractivity contribution >= 4 is 21.8 Å². The molecule has 1 atom stereocenters. The van der Waals surface area contributed by atoms with Gasteiger partial charge in [0.2, 0.25) is 0 Å². The van der Waals surface area contributed by atoms with Gasteiger partial charge in [-0.3, -0.25) is 4.79 Å². The number of aryl methyl sites for hydroxylation is 1. The Hall–Kier alpha value is -1.76. The predicted molar refractivity (Wildman–Crippen MR) is 68.8 cm³/mol. The number of hydrogen-bond donors (Lipinski definition) is 1. The van der Waals surface area contributed by atoms with E-state index in [2.05, 4.69) is 36.4 Å². The minimum absolute atomic E-state index is 0.189. The molecule has 2 aromatic heterocycles. The van der Waals surface area contributed by atoms with Gasteiger partial charge in [-0.25, -0.2) is 4.98 Å². The number of rotatable bonds is 3. The Labute approximate surface area is 113 Å². The van der Waals surface area contributed by atoms with Crippen LogP contribution in [-0.4, -0.2) is 25.7 Å². The Bertz CT molecular complexity index is 551. The summed E-state index contributed by atoms with van der Waals surface area (Å²) >= 11 is 3.22. The van der Waals surface area contributed by atoms with Gasteiger partial charge in [0.25, 0.3) is 5.91 Å². The largest absolute Gasteiger partial charge is 0.342 e. The zero-order chi connectivity index (χ0) is 13.1. The molecule has 6 nitrogen and oxygen atoms in total. The third-order valence-electron chi connectivity index (χ3n) is 2.47. The van der Waals surface area contributed by atoms with Crippen LogP contribution < -0.4 is 5.32 Å². The van der Waals surface area contributed by atoms with Gasteiger partial charge in [0.1, 0.15) is 10.9 Å². The smallest absolute Gasteiger partial charge is 0.253 e. The maximum atomic E-state index is 11.9. The third-order valence-corrected chi connectivity index (χ3v) is 2.94. The number of carbonyl (C=O) groups excluding carboxylic acids is 1. The Morgan fingerprint density at radius 3 is 2.83 bits per heavy atom. The number of halogens is 1. The topological polar surface area (TPSA) is 72.7 Å². The van der Waals surface area contributed by atoms with Crippen LogP contribution in [-0.2, 0) is 7.05 Å². The van der Waals surface area contributed by atoms with Crippen molar-refractivity contribution in [2.24, 2.45) is 7.05 Å². The fourth-order valence-corrected chi connectivity index (χ4v) is 1.77. The van der Waals surface area contributed by atoms with E-state index in [9.17, 15) is 4.79 Å². The molecule has 0 radical (unpaired) electrons. The standard InChI is InChI=1S/C11H12BrN5O/c1-7(10-16-14-6-17(10)2)15-11(18)8-3-4-9(12)13-5-8/h3-7H,1-2H3,(H,15,18). The average molecular weight is 310 g/mol. The molecular weight excluding hydrogens is 298 g/mol. The highest BCUT2D eigenvalue weighted by Crippen LogP contribution is 2.10. The average Bonchev–Trinajstić information content (AvgIpc) is 2.76. The van der Waals surface area contributed by atoms with E-state index in [0.717, 1.165) is 0 Å². The molecule has 1 unspecified atom stereocenters. The van der Waals surface area contributed by atoms with E-state index < -0.39 is 0 Å². The van der Waals surface area contributed by atoms with E-state index in [-0.39, 0.29) is 11.9 Å². The summed E-state index contributed by atoms with van der Waals surface area (Å²) in [6, 6.07) is 3.21. The lowest BCUT2D eigenvalue weighted by atomic mass is 10.2. The Balaban J connectivity index is 2.08. The molecule has 1 N–H and O–H groups in total. The van der Waals surface area contributed by atoms with Crippen molar-refractivity contribution in [3.8, 4) is 0 Å². The molecule has 1 amide bonds. The lowest BCUT2D eigenvalue weighted by molar-refractivity contribution is 0.0937. The highest BCUT2D eigenvalue weighted by molar-refractivity contribution is 9.10. The number of carbonyl (C=O) groups is 1. The molecule has 2 aromatic rings. The second-order valence-corrected chi connectivity index (χ2v) is 4.68. The number of hydrogen-bond acceptors (Lipinski definition) is 4. The van der Waals surface area contributed by atoms with Gasteiger partial charge in [0.05, 0.1) is 11.6 Å². The first kappa shape index (κ1) is 12.7. The van der Waals surface area contributed by atoms with Gasteiger partial charge in [-0.15, -0.1) is 10.2 Å². The van der Waals surface area contributed by atoms with Crippen LogP contribution in [0.3, 0.4) is 0 Å². The van der Waals surface area contributed by atoms with Crippen molar-refractivity contribution < 1.29 is 4.79 Å². The molecule has 0 spiro atoms. The van der Waals surface area contributed by atoms with Crippen LogP contribution in [0.2, 0.25) is 0 Å². The van der Waals surface area contributed by atoms with Crippen LogP contribution >= 0.6 is 15.9 Å². The normalized spacial score (nSPS) is 12.2. The van der Waals surface area contributed by atoms with Gasteiger partial charge in [0, 0.05) is 13.2 Å². The lowest BCUT2D eigenvalue weighted by Crippen LogP contribution is -2.28. The monoisotopic (exact) mass is 309 g/mol. The van der Waals surface area contributed by atoms with Crippen molar-refractivity contribution in [2.45, 2.75) is 13.0 Å². The molecule has 0 aliphatic heterocycles. The second-order valence-electron chi connectivity index (χ2n) is 3.86. The van der Waals surface area contributed by atoms with Crippen molar-refractivity contribution in [3.63, 3.8) is 0 Å². The Kier molecular flexibility index (Phi) is 3.71. The first-order valence-electron chi connectivity index (χ1n) is 5.34. The molecule has 0 saturated heterocycles. The summed E-state index contributed by atoms with van der Waals surface area (Å²) in [7, 11) is 1.83. The maximum absolute atomic E-state index is 11.9. The van der Waals surface area contributed by atoms with Crippen molar-refractivity contribution in [2.75, 3.05) is 0 Å². The minimum Gasteiger partial charge on any atom is -0.342 e. The number of nitrogens with zero attached hydrogens (tertiary/aromatic N) is 4. The predicted octanol–water partition coefficient (Wildman–Crippen LogP) is 1.46. The summed E-state index contributed by atoms with van der Waals surface area (Å²) < 4.78 is 2.46. The summed E-state index contributed by atoms with van der Waals surface area (Å²) in [6.45, 7) is 1.86. The van der Waals surface area contributed by atoms with Gasteiger partial charge >= 0.3 is 0 Å². The van der Waals surface area contributed by atoms with Gasteiger partial charge in [-0.2, -0.15) is 0 Å².